The van der Waals surface area contributed by atoms with Crippen molar-refractivity contribution in [3.8, 4) is 0 Å². The highest BCUT2D eigenvalue weighted by Crippen LogP contribution is 2.46. The number of amides is 2. The Morgan fingerprint density at radius 1 is 0.922 bits per heavy atom. The molecular weight excluding hydrogens is 665 g/mol. The van der Waals surface area contributed by atoms with Crippen molar-refractivity contribution >= 4 is 26.0 Å². The van der Waals surface area contributed by atoms with Crippen molar-refractivity contribution < 1.29 is 33.3 Å². The van der Waals surface area contributed by atoms with Crippen LogP contribution >= 0.6 is 0 Å². The summed E-state index contributed by atoms with van der Waals surface area (Å²) in [5, 5.41) is 4.89. The summed E-state index contributed by atoms with van der Waals surface area (Å²) in [5.41, 5.74) is 2.30. The van der Waals surface area contributed by atoms with Gasteiger partial charge in [-0.15, -0.1) is 0 Å². The number of aromatic nitrogens is 2. The van der Waals surface area contributed by atoms with Gasteiger partial charge < -0.3 is 28.7 Å². The maximum atomic E-state index is 14.8. The number of hydrogen-bond acceptors (Lipinski definition) is 8. The molecule has 0 radical (unpaired) electrons. The Hall–Kier alpha value is -4.00. The topological polar surface area (TPSA) is 112 Å². The van der Waals surface area contributed by atoms with Gasteiger partial charge in [0.25, 0.3) is 5.91 Å². The van der Waals surface area contributed by atoms with Crippen molar-refractivity contribution in [2.45, 2.75) is 103 Å². The van der Waals surface area contributed by atoms with Gasteiger partial charge >= 0.3 is 12.1 Å². The molecule has 2 aromatic carbocycles. The van der Waals surface area contributed by atoms with Crippen molar-refractivity contribution in [1.82, 2.24) is 19.6 Å². The third kappa shape index (κ3) is 10.8. The molecule has 1 aromatic heterocycles. The lowest BCUT2D eigenvalue weighted by atomic mass is 10.0. The summed E-state index contributed by atoms with van der Waals surface area (Å²) in [7, 11) is -1.30. The van der Waals surface area contributed by atoms with Crippen LogP contribution in [0.25, 0.3) is 0 Å². The number of carbonyl (C=O) groups excluding carboxylic acids is 3. The van der Waals surface area contributed by atoms with Crippen molar-refractivity contribution in [2.75, 3.05) is 32.9 Å². The lowest BCUT2D eigenvalue weighted by Gasteiger charge is -2.33. The highest BCUT2D eigenvalue weighted by Gasteiger charge is 2.51. The van der Waals surface area contributed by atoms with Crippen molar-refractivity contribution in [2.24, 2.45) is 0 Å². The quantitative estimate of drug-likeness (QED) is 0.0891. The van der Waals surface area contributed by atoms with Crippen LogP contribution in [0.1, 0.15) is 77.7 Å². The zero-order chi connectivity index (χ0) is 36.6. The fourth-order valence-corrected chi connectivity index (χ4v) is 6.93. The van der Waals surface area contributed by atoms with Crippen LogP contribution < -0.4 is 0 Å². The zero-order valence-corrected chi connectivity index (χ0v) is 32.1. The molecule has 1 aliphatic carbocycles. The van der Waals surface area contributed by atoms with Crippen LogP contribution in [0.5, 0.6) is 0 Å². The molecule has 3 aromatic rings. The van der Waals surface area contributed by atoms with Gasteiger partial charge in [0, 0.05) is 57.4 Å². The monoisotopic (exact) mass is 718 g/mol. The first kappa shape index (κ1) is 38.2. The molecular formula is C39H54N4O7Si. The minimum atomic E-state index is -1.30. The molecule has 51 heavy (non-hydrogen) atoms. The molecule has 0 spiro atoms. The van der Waals surface area contributed by atoms with Gasteiger partial charge in [0.2, 0.25) is 0 Å². The molecule has 1 aliphatic heterocycles. The summed E-state index contributed by atoms with van der Waals surface area (Å²) in [4.78, 5) is 44.2. The van der Waals surface area contributed by atoms with Gasteiger partial charge in [-0.2, -0.15) is 5.10 Å². The molecule has 5 rings (SSSR count). The third-order valence-electron chi connectivity index (χ3n) is 9.22. The number of ether oxygens (including phenoxy) is 4. The van der Waals surface area contributed by atoms with Crippen LogP contribution in [-0.2, 0) is 45.3 Å². The first-order chi connectivity index (χ1) is 24.2. The van der Waals surface area contributed by atoms with E-state index in [1.807, 2.05) is 62.1 Å². The summed E-state index contributed by atoms with van der Waals surface area (Å²) in [5.74, 6) is -0.618. The summed E-state index contributed by atoms with van der Waals surface area (Å²) in [6.07, 6.45) is 2.13. The van der Waals surface area contributed by atoms with E-state index in [0.29, 0.717) is 62.6 Å². The standard InChI is InChI=1S/C39H54N4O7Si/c1-38(2,3)50-37(46)41-21-17-33-32(27-41)34(40-43(33)29-48-25-26-51(4,5)6)35(44)42(22-24-47-28-30-13-9-7-10-14-30)39(18-19-39)20-23-49-36(45)31-15-11-8-12-16-31/h7-16H,17-29H2,1-6H3. The largest absolute Gasteiger partial charge is 0.462 e. The van der Waals surface area contributed by atoms with E-state index >= 15 is 0 Å². The van der Waals surface area contributed by atoms with E-state index in [9.17, 15) is 14.4 Å². The van der Waals surface area contributed by atoms with E-state index in [4.69, 9.17) is 24.0 Å². The number of esters is 1. The Bertz CT molecular complexity index is 1630. The molecule has 0 unspecified atom stereocenters. The van der Waals surface area contributed by atoms with Crippen LogP contribution in [0.2, 0.25) is 25.7 Å². The maximum absolute atomic E-state index is 14.8. The molecule has 0 bridgehead atoms. The summed E-state index contributed by atoms with van der Waals surface area (Å²) < 4.78 is 25.4. The van der Waals surface area contributed by atoms with Gasteiger partial charge in [-0.3, -0.25) is 4.79 Å². The predicted molar refractivity (Wildman–Crippen MR) is 197 cm³/mol. The molecule has 12 heteroatoms. The molecule has 0 atom stereocenters. The Labute approximate surface area is 303 Å². The Balaban J connectivity index is 1.38. The van der Waals surface area contributed by atoms with Gasteiger partial charge in [0.15, 0.2) is 5.69 Å². The number of benzene rings is 2. The number of rotatable bonds is 16. The Morgan fingerprint density at radius 3 is 2.25 bits per heavy atom. The lowest BCUT2D eigenvalue weighted by molar-refractivity contribution is 0.0214. The van der Waals surface area contributed by atoms with Gasteiger partial charge in [-0.1, -0.05) is 68.2 Å². The van der Waals surface area contributed by atoms with E-state index in [0.717, 1.165) is 30.1 Å². The van der Waals surface area contributed by atoms with Gasteiger partial charge in [-0.25, -0.2) is 14.3 Å². The summed E-state index contributed by atoms with van der Waals surface area (Å²) >= 11 is 0. The van der Waals surface area contributed by atoms with Gasteiger partial charge in [0.05, 0.1) is 31.9 Å². The fraction of sp³-hybridized carbons (Fsp3) is 0.538. The summed E-state index contributed by atoms with van der Waals surface area (Å²) in [6, 6.07) is 19.8. The smallest absolute Gasteiger partial charge is 0.410 e. The molecule has 276 valence electrons. The van der Waals surface area contributed by atoms with Crippen molar-refractivity contribution in [3.05, 3.63) is 88.7 Å². The minimum absolute atomic E-state index is 0.173. The SMILES string of the molecule is CC(C)(C)OC(=O)N1CCc2c(c(C(=O)N(CCOCc3ccccc3)C3(CCOC(=O)c4ccccc4)CC3)nn2COCC[Si](C)(C)C)C1. The van der Waals surface area contributed by atoms with E-state index in [2.05, 4.69) is 19.6 Å². The van der Waals surface area contributed by atoms with E-state index in [1.165, 1.54) is 0 Å². The predicted octanol–water partition coefficient (Wildman–Crippen LogP) is 6.93. The third-order valence-corrected chi connectivity index (χ3v) is 10.9. The second kappa shape index (κ2) is 16.6. The average Bonchev–Trinajstić information content (AvgIpc) is 3.78. The molecule has 0 N–H and O–H groups in total. The number of carbonyl (C=O) groups is 3. The lowest BCUT2D eigenvalue weighted by Crippen LogP contribution is -2.46. The first-order valence-corrected chi connectivity index (χ1v) is 21.8. The zero-order valence-electron chi connectivity index (χ0n) is 31.1. The number of hydrogen-bond donors (Lipinski definition) is 0. The minimum Gasteiger partial charge on any atom is -0.462 e. The van der Waals surface area contributed by atoms with Crippen molar-refractivity contribution in [1.29, 1.82) is 0 Å². The van der Waals surface area contributed by atoms with Crippen LogP contribution in [0.4, 0.5) is 4.79 Å². The Morgan fingerprint density at radius 2 is 1.61 bits per heavy atom. The van der Waals surface area contributed by atoms with Gasteiger partial charge in [0.1, 0.15) is 12.3 Å². The van der Waals surface area contributed by atoms with Crippen LogP contribution in [0.3, 0.4) is 0 Å². The van der Waals surface area contributed by atoms with Crippen LogP contribution in [0, 0.1) is 0 Å². The number of nitrogens with zero attached hydrogens (tertiary/aromatic N) is 4. The highest BCUT2D eigenvalue weighted by molar-refractivity contribution is 6.76. The Kier molecular flexibility index (Phi) is 12.4. The molecule has 2 aliphatic rings. The molecule has 2 amide bonds. The van der Waals surface area contributed by atoms with E-state index < -0.39 is 25.3 Å². The second-order valence-electron chi connectivity index (χ2n) is 15.7. The summed E-state index contributed by atoms with van der Waals surface area (Å²) in [6.45, 7) is 15.2. The van der Waals surface area contributed by atoms with Gasteiger partial charge in [-0.05, 0) is 57.4 Å². The van der Waals surface area contributed by atoms with E-state index in [-0.39, 0.29) is 31.8 Å². The van der Waals surface area contributed by atoms with Crippen molar-refractivity contribution in [3.63, 3.8) is 0 Å². The van der Waals surface area contributed by atoms with Crippen LogP contribution in [-0.4, -0.2) is 89.7 Å². The maximum Gasteiger partial charge on any atom is 0.410 e. The normalized spacial score (nSPS) is 15.2. The molecule has 0 saturated heterocycles. The highest BCUT2D eigenvalue weighted by atomic mass is 28.3. The fourth-order valence-electron chi connectivity index (χ4n) is 6.17. The molecule has 11 nitrogen and oxygen atoms in total. The molecule has 1 saturated carbocycles. The average molecular weight is 719 g/mol. The molecule has 1 fully saturated rings. The van der Waals surface area contributed by atoms with E-state index in [1.54, 1.807) is 33.8 Å². The second-order valence-corrected chi connectivity index (χ2v) is 21.4. The number of fused-ring (bicyclic) bond motifs is 1. The molecule has 2 heterocycles. The first-order valence-electron chi connectivity index (χ1n) is 18.0. The van der Waals surface area contributed by atoms with Crippen LogP contribution in [0.15, 0.2) is 60.7 Å².